The van der Waals surface area contributed by atoms with Gasteiger partial charge >= 0.3 is 0 Å². The van der Waals surface area contributed by atoms with Gasteiger partial charge in [0, 0.05) is 25.3 Å². The summed E-state index contributed by atoms with van der Waals surface area (Å²) in [5.74, 6) is 0.218. The van der Waals surface area contributed by atoms with E-state index in [1.165, 1.54) is 18.5 Å². The number of unbranched alkanes of at least 4 members (excludes halogenated alkanes) is 1. The van der Waals surface area contributed by atoms with Gasteiger partial charge in [0.1, 0.15) is 0 Å². The summed E-state index contributed by atoms with van der Waals surface area (Å²) in [5, 5.41) is 0. The third kappa shape index (κ3) is 4.49. The highest BCUT2D eigenvalue weighted by atomic mass is 32.2. The monoisotopic (exact) mass is 296 g/mol. The quantitative estimate of drug-likeness (QED) is 0.841. The van der Waals surface area contributed by atoms with Crippen LogP contribution in [0.4, 0.5) is 5.69 Å². The molecule has 0 unspecified atom stereocenters. The SMILES string of the molecule is CCCCS(=O)(=O)NCc1ccc(N2CCCC2)cc1. The first-order valence-corrected chi connectivity index (χ1v) is 9.07. The van der Waals surface area contributed by atoms with Gasteiger partial charge in [-0.1, -0.05) is 25.5 Å². The second-order valence-corrected chi connectivity index (χ2v) is 7.28. The number of sulfonamides is 1. The summed E-state index contributed by atoms with van der Waals surface area (Å²) in [6, 6.07) is 8.19. The molecule has 1 aromatic carbocycles. The molecule has 1 heterocycles. The minimum absolute atomic E-state index is 0.218. The molecule has 0 aromatic heterocycles. The van der Waals surface area contributed by atoms with E-state index in [9.17, 15) is 8.42 Å². The van der Waals surface area contributed by atoms with Crippen molar-refractivity contribution in [2.24, 2.45) is 0 Å². The van der Waals surface area contributed by atoms with Crippen LogP contribution in [0.5, 0.6) is 0 Å². The van der Waals surface area contributed by atoms with Crippen LogP contribution in [0.2, 0.25) is 0 Å². The average Bonchev–Trinajstić information content (AvgIpc) is 2.98. The van der Waals surface area contributed by atoms with Crippen molar-refractivity contribution in [3.05, 3.63) is 29.8 Å². The molecule has 4 nitrogen and oxygen atoms in total. The molecule has 1 aliphatic heterocycles. The third-order valence-corrected chi connectivity index (χ3v) is 5.08. The maximum Gasteiger partial charge on any atom is 0.211 e. The van der Waals surface area contributed by atoms with Gasteiger partial charge in [0.15, 0.2) is 0 Å². The summed E-state index contributed by atoms with van der Waals surface area (Å²) in [6.45, 7) is 4.63. The molecule has 0 amide bonds. The molecule has 1 fully saturated rings. The van der Waals surface area contributed by atoms with E-state index < -0.39 is 10.0 Å². The molecule has 1 aliphatic rings. The Balaban J connectivity index is 1.87. The summed E-state index contributed by atoms with van der Waals surface area (Å²) in [6.07, 6.45) is 4.13. The number of benzene rings is 1. The van der Waals surface area contributed by atoms with Crippen LogP contribution in [0.1, 0.15) is 38.2 Å². The van der Waals surface area contributed by atoms with E-state index in [0.29, 0.717) is 13.0 Å². The Morgan fingerprint density at radius 3 is 2.40 bits per heavy atom. The lowest BCUT2D eigenvalue weighted by Gasteiger charge is -2.17. The van der Waals surface area contributed by atoms with Crippen molar-refractivity contribution in [3.63, 3.8) is 0 Å². The van der Waals surface area contributed by atoms with Crippen molar-refractivity contribution in [2.45, 2.75) is 39.2 Å². The Labute approximate surface area is 122 Å². The van der Waals surface area contributed by atoms with E-state index in [0.717, 1.165) is 25.1 Å². The minimum Gasteiger partial charge on any atom is -0.372 e. The van der Waals surface area contributed by atoms with Gasteiger partial charge in [0.05, 0.1) is 5.75 Å². The zero-order valence-electron chi connectivity index (χ0n) is 12.1. The zero-order valence-corrected chi connectivity index (χ0v) is 13.0. The Morgan fingerprint density at radius 1 is 1.15 bits per heavy atom. The molecule has 2 rings (SSSR count). The fraction of sp³-hybridized carbons (Fsp3) is 0.600. The number of hydrogen-bond acceptors (Lipinski definition) is 3. The molecule has 20 heavy (non-hydrogen) atoms. The first kappa shape index (κ1) is 15.3. The zero-order chi connectivity index (χ0) is 14.4. The summed E-state index contributed by atoms with van der Waals surface area (Å²) in [4.78, 5) is 2.37. The van der Waals surface area contributed by atoms with E-state index in [2.05, 4.69) is 21.8 Å². The number of anilines is 1. The van der Waals surface area contributed by atoms with Crippen LogP contribution in [-0.2, 0) is 16.6 Å². The molecule has 0 bridgehead atoms. The molecule has 0 atom stereocenters. The van der Waals surface area contributed by atoms with Gasteiger partial charge in [-0.15, -0.1) is 0 Å². The van der Waals surface area contributed by atoms with Crippen LogP contribution < -0.4 is 9.62 Å². The number of nitrogens with zero attached hydrogens (tertiary/aromatic N) is 1. The van der Waals surface area contributed by atoms with Crippen LogP contribution in [0, 0.1) is 0 Å². The third-order valence-electron chi connectivity index (χ3n) is 3.67. The predicted molar refractivity (Wildman–Crippen MR) is 83.4 cm³/mol. The Morgan fingerprint density at radius 2 is 1.80 bits per heavy atom. The lowest BCUT2D eigenvalue weighted by atomic mass is 10.2. The molecule has 0 spiro atoms. The molecule has 1 aromatic rings. The van der Waals surface area contributed by atoms with Crippen LogP contribution in [0.15, 0.2) is 24.3 Å². The highest BCUT2D eigenvalue weighted by Crippen LogP contribution is 2.20. The first-order valence-electron chi connectivity index (χ1n) is 7.42. The molecular formula is C15H24N2O2S. The fourth-order valence-electron chi connectivity index (χ4n) is 2.40. The lowest BCUT2D eigenvalue weighted by Crippen LogP contribution is -2.26. The number of nitrogens with one attached hydrogen (secondary N) is 1. The smallest absolute Gasteiger partial charge is 0.211 e. The van der Waals surface area contributed by atoms with Crippen molar-refractivity contribution in [2.75, 3.05) is 23.7 Å². The largest absolute Gasteiger partial charge is 0.372 e. The molecule has 0 saturated carbocycles. The summed E-state index contributed by atoms with van der Waals surface area (Å²) in [7, 11) is -3.13. The normalized spacial score (nSPS) is 15.8. The van der Waals surface area contributed by atoms with Crippen LogP contribution >= 0.6 is 0 Å². The van der Waals surface area contributed by atoms with Crippen LogP contribution in [-0.4, -0.2) is 27.3 Å². The molecule has 0 radical (unpaired) electrons. The summed E-state index contributed by atoms with van der Waals surface area (Å²) >= 11 is 0. The Kier molecular flexibility index (Phi) is 5.43. The van der Waals surface area contributed by atoms with Gasteiger partial charge in [-0.25, -0.2) is 13.1 Å². The predicted octanol–water partition coefficient (Wildman–Crippen LogP) is 2.51. The summed E-state index contributed by atoms with van der Waals surface area (Å²) < 4.78 is 26.1. The first-order chi connectivity index (χ1) is 9.61. The van der Waals surface area contributed by atoms with Gasteiger partial charge in [-0.05, 0) is 37.0 Å². The standard InChI is InChI=1S/C15H24N2O2S/c1-2-3-12-20(18,19)16-13-14-6-8-15(9-7-14)17-10-4-5-11-17/h6-9,16H,2-5,10-13H2,1H3. The average molecular weight is 296 g/mol. The second-order valence-electron chi connectivity index (χ2n) is 5.35. The van der Waals surface area contributed by atoms with Gasteiger partial charge < -0.3 is 4.90 Å². The molecule has 112 valence electrons. The van der Waals surface area contributed by atoms with Crippen molar-refractivity contribution >= 4 is 15.7 Å². The van der Waals surface area contributed by atoms with Gasteiger partial charge in [0.25, 0.3) is 0 Å². The van der Waals surface area contributed by atoms with Crippen LogP contribution in [0.25, 0.3) is 0 Å². The van der Waals surface area contributed by atoms with E-state index in [1.54, 1.807) is 0 Å². The number of hydrogen-bond donors (Lipinski definition) is 1. The molecular weight excluding hydrogens is 272 g/mol. The van der Waals surface area contributed by atoms with E-state index in [1.807, 2.05) is 19.1 Å². The van der Waals surface area contributed by atoms with Gasteiger partial charge in [0.2, 0.25) is 10.0 Å². The van der Waals surface area contributed by atoms with Crippen molar-refractivity contribution in [1.82, 2.24) is 4.72 Å². The van der Waals surface area contributed by atoms with Gasteiger partial charge in [-0.3, -0.25) is 0 Å². The van der Waals surface area contributed by atoms with E-state index >= 15 is 0 Å². The minimum atomic E-state index is -3.13. The van der Waals surface area contributed by atoms with Crippen molar-refractivity contribution in [1.29, 1.82) is 0 Å². The molecule has 0 aliphatic carbocycles. The van der Waals surface area contributed by atoms with E-state index in [-0.39, 0.29) is 5.75 Å². The van der Waals surface area contributed by atoms with Gasteiger partial charge in [-0.2, -0.15) is 0 Å². The molecule has 1 saturated heterocycles. The van der Waals surface area contributed by atoms with Crippen LogP contribution in [0.3, 0.4) is 0 Å². The molecule has 1 N–H and O–H groups in total. The highest BCUT2D eigenvalue weighted by Gasteiger charge is 2.12. The Hall–Kier alpha value is -1.07. The molecule has 5 heteroatoms. The fourth-order valence-corrected chi connectivity index (χ4v) is 3.60. The summed E-state index contributed by atoms with van der Waals surface area (Å²) in [5.41, 5.74) is 2.24. The highest BCUT2D eigenvalue weighted by molar-refractivity contribution is 7.89. The lowest BCUT2D eigenvalue weighted by molar-refractivity contribution is 0.578. The topological polar surface area (TPSA) is 49.4 Å². The Bertz CT molecular complexity index is 505. The maximum absolute atomic E-state index is 11.7. The maximum atomic E-state index is 11.7. The van der Waals surface area contributed by atoms with Crippen molar-refractivity contribution in [3.8, 4) is 0 Å². The number of rotatable bonds is 7. The van der Waals surface area contributed by atoms with Crippen molar-refractivity contribution < 1.29 is 8.42 Å². The van der Waals surface area contributed by atoms with E-state index in [4.69, 9.17) is 0 Å². The second kappa shape index (κ2) is 7.09.